The molecule has 0 aliphatic heterocycles. The van der Waals surface area contributed by atoms with Gasteiger partial charge in [0.2, 0.25) is 5.91 Å². The number of anilines is 1. The van der Waals surface area contributed by atoms with Crippen LogP contribution >= 0.6 is 0 Å². The van der Waals surface area contributed by atoms with Crippen molar-refractivity contribution in [2.45, 2.75) is 39.4 Å². The van der Waals surface area contributed by atoms with Crippen LogP contribution in [0.1, 0.15) is 30.7 Å². The average Bonchev–Trinajstić information content (AvgIpc) is 2.96. The molecule has 2 rings (SSSR count). The van der Waals surface area contributed by atoms with Gasteiger partial charge in [0.1, 0.15) is 6.54 Å². The quantitative estimate of drug-likeness (QED) is 0.912. The number of hydrogen-bond acceptors (Lipinski definition) is 2. The number of aryl methyl sites for hydroxylation is 2. The van der Waals surface area contributed by atoms with Crippen LogP contribution in [0.2, 0.25) is 0 Å². The van der Waals surface area contributed by atoms with Gasteiger partial charge in [-0.15, -0.1) is 0 Å². The number of hydrogen-bond donors (Lipinski definition) is 1. The van der Waals surface area contributed by atoms with Gasteiger partial charge in [0.25, 0.3) is 0 Å². The fourth-order valence-corrected chi connectivity index (χ4v) is 2.33. The van der Waals surface area contributed by atoms with Gasteiger partial charge in [-0.25, -0.2) is 0 Å². The van der Waals surface area contributed by atoms with Crippen LogP contribution in [-0.2, 0) is 30.4 Å². The number of carbonyl (C=O) groups is 1. The molecular formula is C16H18F3N3O. The molecule has 1 aromatic heterocycles. The van der Waals surface area contributed by atoms with Crippen LogP contribution in [-0.4, -0.2) is 15.7 Å². The summed E-state index contributed by atoms with van der Waals surface area (Å²) in [6.45, 7) is 3.69. The topological polar surface area (TPSA) is 46.9 Å². The lowest BCUT2D eigenvalue weighted by Crippen LogP contribution is -2.21. The van der Waals surface area contributed by atoms with Crippen LogP contribution in [0.4, 0.5) is 18.9 Å². The number of halogens is 3. The second-order valence-corrected chi connectivity index (χ2v) is 5.10. The molecule has 1 aromatic carbocycles. The van der Waals surface area contributed by atoms with Crippen molar-refractivity contribution in [3.63, 3.8) is 0 Å². The summed E-state index contributed by atoms with van der Waals surface area (Å²) in [6.07, 6.45) is -1.85. The predicted octanol–water partition coefficient (Wildman–Crippen LogP) is 3.67. The minimum absolute atomic E-state index is 0.267. The Hall–Kier alpha value is -2.31. The molecule has 2 aromatic rings. The first-order valence-electron chi connectivity index (χ1n) is 7.36. The summed E-state index contributed by atoms with van der Waals surface area (Å²) in [5, 5.41) is 6.18. The molecule has 1 heterocycles. The van der Waals surface area contributed by atoms with Crippen molar-refractivity contribution >= 4 is 11.6 Å². The monoisotopic (exact) mass is 325 g/mol. The number of rotatable bonds is 5. The molecule has 0 aliphatic carbocycles. The summed E-state index contributed by atoms with van der Waals surface area (Å²) < 4.78 is 38.5. The smallest absolute Gasteiger partial charge is 0.324 e. The minimum atomic E-state index is -4.51. The van der Waals surface area contributed by atoms with Gasteiger partial charge in [-0.3, -0.25) is 9.48 Å². The van der Waals surface area contributed by atoms with Gasteiger partial charge in [-0.05, 0) is 30.0 Å². The van der Waals surface area contributed by atoms with Crippen LogP contribution in [0, 0.1) is 0 Å². The van der Waals surface area contributed by atoms with Gasteiger partial charge in [-0.1, -0.05) is 32.0 Å². The molecule has 23 heavy (non-hydrogen) atoms. The fourth-order valence-electron chi connectivity index (χ4n) is 2.33. The third kappa shape index (κ3) is 4.12. The highest BCUT2D eigenvalue weighted by molar-refractivity contribution is 5.92. The molecule has 0 fully saturated rings. The van der Waals surface area contributed by atoms with Crippen molar-refractivity contribution in [1.82, 2.24) is 9.78 Å². The summed E-state index contributed by atoms with van der Waals surface area (Å²) in [4.78, 5) is 12.1. The SMILES string of the molecule is CCc1cccc(CC)c1NC(=O)Cn1ccc(C(F)(F)F)n1. The first kappa shape index (κ1) is 17.1. The van der Waals surface area contributed by atoms with Gasteiger partial charge < -0.3 is 5.32 Å². The van der Waals surface area contributed by atoms with E-state index in [1.807, 2.05) is 32.0 Å². The Morgan fingerprint density at radius 3 is 2.26 bits per heavy atom. The molecule has 0 spiro atoms. The molecule has 0 atom stereocenters. The van der Waals surface area contributed by atoms with Crippen LogP contribution in [0.5, 0.6) is 0 Å². The Morgan fingerprint density at radius 1 is 1.17 bits per heavy atom. The average molecular weight is 325 g/mol. The lowest BCUT2D eigenvalue weighted by atomic mass is 10.0. The molecule has 0 unspecified atom stereocenters. The molecule has 1 amide bonds. The molecule has 124 valence electrons. The maximum atomic E-state index is 12.5. The Labute approximate surface area is 132 Å². The van der Waals surface area contributed by atoms with Gasteiger partial charge in [0.05, 0.1) is 0 Å². The summed E-state index contributed by atoms with van der Waals surface area (Å²) in [5.41, 5.74) is 1.72. The van der Waals surface area contributed by atoms with E-state index in [-0.39, 0.29) is 6.54 Å². The maximum absolute atomic E-state index is 12.5. The minimum Gasteiger partial charge on any atom is -0.324 e. The highest BCUT2D eigenvalue weighted by Gasteiger charge is 2.33. The van der Waals surface area contributed by atoms with Crippen molar-refractivity contribution < 1.29 is 18.0 Å². The number of alkyl halides is 3. The summed E-state index contributed by atoms with van der Waals surface area (Å²) >= 11 is 0. The maximum Gasteiger partial charge on any atom is 0.435 e. The number of carbonyl (C=O) groups excluding carboxylic acids is 1. The van der Waals surface area contributed by atoms with Gasteiger partial charge in [0.15, 0.2) is 5.69 Å². The summed E-state index contributed by atoms with van der Waals surface area (Å²) in [7, 11) is 0. The van der Waals surface area contributed by atoms with Crippen molar-refractivity contribution in [2.24, 2.45) is 0 Å². The van der Waals surface area contributed by atoms with Gasteiger partial charge >= 0.3 is 6.18 Å². The highest BCUT2D eigenvalue weighted by Crippen LogP contribution is 2.27. The van der Waals surface area contributed by atoms with Crippen molar-refractivity contribution in [1.29, 1.82) is 0 Å². The standard InChI is InChI=1S/C16H18F3N3O/c1-3-11-6-5-7-12(4-2)15(11)20-14(23)10-22-9-8-13(21-22)16(17,18)19/h5-9H,3-4,10H2,1-2H3,(H,20,23). The van der Waals surface area contributed by atoms with E-state index < -0.39 is 17.8 Å². The van der Waals surface area contributed by atoms with Crippen LogP contribution in [0.3, 0.4) is 0 Å². The van der Waals surface area contributed by atoms with E-state index in [0.29, 0.717) is 0 Å². The van der Waals surface area contributed by atoms with E-state index in [0.717, 1.165) is 46.6 Å². The second kappa shape index (κ2) is 6.85. The fraction of sp³-hybridized carbons (Fsp3) is 0.375. The third-order valence-corrected chi connectivity index (χ3v) is 3.50. The largest absolute Gasteiger partial charge is 0.435 e. The molecule has 0 radical (unpaired) electrons. The molecule has 0 aliphatic rings. The van der Waals surface area contributed by atoms with Crippen molar-refractivity contribution in [3.8, 4) is 0 Å². The van der Waals surface area contributed by atoms with E-state index in [4.69, 9.17) is 0 Å². The highest BCUT2D eigenvalue weighted by atomic mass is 19.4. The zero-order chi connectivity index (χ0) is 17.0. The number of benzene rings is 1. The zero-order valence-corrected chi connectivity index (χ0v) is 12.9. The summed E-state index contributed by atoms with van der Waals surface area (Å²) in [5.74, 6) is -0.405. The first-order chi connectivity index (χ1) is 10.8. The lowest BCUT2D eigenvalue weighted by molar-refractivity contribution is -0.141. The Morgan fingerprint density at radius 2 is 1.78 bits per heavy atom. The third-order valence-electron chi connectivity index (χ3n) is 3.50. The van der Waals surface area contributed by atoms with E-state index in [1.165, 1.54) is 0 Å². The van der Waals surface area contributed by atoms with E-state index in [2.05, 4.69) is 10.4 Å². The number of nitrogens with zero attached hydrogens (tertiary/aromatic N) is 2. The van der Waals surface area contributed by atoms with E-state index in [1.54, 1.807) is 0 Å². The second-order valence-electron chi connectivity index (χ2n) is 5.10. The van der Waals surface area contributed by atoms with Gasteiger partial charge in [0, 0.05) is 11.9 Å². The first-order valence-corrected chi connectivity index (χ1v) is 7.36. The number of amides is 1. The number of nitrogens with one attached hydrogen (secondary N) is 1. The van der Waals surface area contributed by atoms with Crippen LogP contribution in [0.15, 0.2) is 30.5 Å². The Kier molecular flexibility index (Phi) is 5.08. The van der Waals surface area contributed by atoms with Crippen LogP contribution < -0.4 is 5.32 Å². The predicted molar refractivity (Wildman–Crippen MR) is 81.1 cm³/mol. The molecule has 0 bridgehead atoms. The number of aromatic nitrogens is 2. The lowest BCUT2D eigenvalue weighted by Gasteiger charge is -2.14. The molecule has 7 heteroatoms. The van der Waals surface area contributed by atoms with Crippen molar-refractivity contribution in [3.05, 3.63) is 47.3 Å². The van der Waals surface area contributed by atoms with E-state index in [9.17, 15) is 18.0 Å². The summed E-state index contributed by atoms with van der Waals surface area (Å²) in [6, 6.07) is 6.62. The molecule has 1 N–H and O–H groups in total. The Bertz CT molecular complexity index is 670. The normalized spacial score (nSPS) is 11.5. The van der Waals surface area contributed by atoms with Gasteiger partial charge in [-0.2, -0.15) is 18.3 Å². The molecule has 0 saturated carbocycles. The number of para-hydroxylation sites is 1. The van der Waals surface area contributed by atoms with E-state index >= 15 is 0 Å². The Balaban J connectivity index is 2.13. The van der Waals surface area contributed by atoms with Crippen molar-refractivity contribution in [2.75, 3.05) is 5.32 Å². The molecular weight excluding hydrogens is 307 g/mol. The molecule has 4 nitrogen and oxygen atoms in total. The van der Waals surface area contributed by atoms with Crippen LogP contribution in [0.25, 0.3) is 0 Å². The molecule has 0 saturated heterocycles. The zero-order valence-electron chi connectivity index (χ0n) is 12.9.